The molecule has 0 amide bonds. The molecule has 0 saturated heterocycles. The van der Waals surface area contributed by atoms with E-state index in [0.717, 1.165) is 0 Å². The number of nitrogens with zero attached hydrogens (tertiary/aromatic N) is 1. The van der Waals surface area contributed by atoms with Gasteiger partial charge in [-0.3, -0.25) is 14.6 Å². The quantitative estimate of drug-likeness (QED) is 0.520. The zero-order valence-electron chi connectivity index (χ0n) is 8.14. The number of aromatic nitrogens is 1. The van der Waals surface area contributed by atoms with Crippen molar-refractivity contribution in [1.29, 1.82) is 0 Å². The number of hydrogen-bond donors (Lipinski definition) is 2. The number of pyridine rings is 1. The highest BCUT2D eigenvalue weighted by Crippen LogP contribution is 1.96. The Kier molecular flexibility index (Phi) is 4.43. The van der Waals surface area contributed by atoms with Gasteiger partial charge in [-0.1, -0.05) is 0 Å². The lowest BCUT2D eigenvalue weighted by Gasteiger charge is -2.01. The summed E-state index contributed by atoms with van der Waals surface area (Å²) < 4.78 is 0. The van der Waals surface area contributed by atoms with Gasteiger partial charge in [0.15, 0.2) is 5.78 Å². The molecule has 0 aromatic carbocycles. The Bertz CT molecular complexity index is 338. The van der Waals surface area contributed by atoms with Crippen LogP contribution in [-0.2, 0) is 4.79 Å². The Morgan fingerprint density at radius 3 is 2.60 bits per heavy atom. The van der Waals surface area contributed by atoms with Crippen LogP contribution in [0.1, 0.15) is 16.8 Å². The lowest BCUT2D eigenvalue weighted by Crippen LogP contribution is -2.25. The summed E-state index contributed by atoms with van der Waals surface area (Å²) in [5, 5.41) is 11.1. The van der Waals surface area contributed by atoms with Gasteiger partial charge in [0.1, 0.15) is 0 Å². The number of aliphatic carboxylic acids is 1. The van der Waals surface area contributed by atoms with Crippen LogP contribution in [0.5, 0.6) is 0 Å². The molecule has 2 N–H and O–H groups in total. The van der Waals surface area contributed by atoms with Gasteiger partial charge in [-0.15, -0.1) is 0 Å². The molecule has 0 aliphatic carbocycles. The lowest BCUT2D eigenvalue weighted by atomic mass is 10.2. The summed E-state index contributed by atoms with van der Waals surface area (Å²) >= 11 is 0. The standard InChI is InChI=1S/C10H12N2O3/c13-9(7-12-6-3-10(14)15)8-1-4-11-5-2-8/h1-2,4-5,12H,3,6-7H2,(H,14,15). The van der Waals surface area contributed by atoms with Crippen LogP contribution in [0.4, 0.5) is 0 Å². The number of carbonyl (C=O) groups excluding carboxylic acids is 1. The van der Waals surface area contributed by atoms with Gasteiger partial charge in [-0.2, -0.15) is 0 Å². The van der Waals surface area contributed by atoms with E-state index in [-0.39, 0.29) is 18.7 Å². The molecule has 0 unspecified atom stereocenters. The Morgan fingerprint density at radius 2 is 2.00 bits per heavy atom. The molecule has 0 aliphatic heterocycles. The van der Waals surface area contributed by atoms with Gasteiger partial charge in [0, 0.05) is 24.5 Å². The van der Waals surface area contributed by atoms with E-state index < -0.39 is 5.97 Å². The minimum atomic E-state index is -0.876. The number of carbonyl (C=O) groups is 2. The molecule has 0 spiro atoms. The van der Waals surface area contributed by atoms with Crippen LogP contribution in [-0.4, -0.2) is 34.9 Å². The van der Waals surface area contributed by atoms with Crippen LogP contribution >= 0.6 is 0 Å². The minimum Gasteiger partial charge on any atom is -0.481 e. The summed E-state index contributed by atoms with van der Waals surface area (Å²) in [5.74, 6) is -0.943. The normalized spacial score (nSPS) is 9.87. The van der Waals surface area contributed by atoms with Gasteiger partial charge in [-0.25, -0.2) is 0 Å². The van der Waals surface area contributed by atoms with Crippen molar-refractivity contribution in [1.82, 2.24) is 10.3 Å². The highest BCUT2D eigenvalue weighted by atomic mass is 16.4. The number of hydrogen-bond acceptors (Lipinski definition) is 4. The lowest BCUT2D eigenvalue weighted by molar-refractivity contribution is -0.136. The predicted octanol–water partition coefficient (Wildman–Crippen LogP) is 0.329. The van der Waals surface area contributed by atoms with Crippen LogP contribution in [0.2, 0.25) is 0 Å². The molecule has 1 rings (SSSR count). The summed E-state index contributed by atoms with van der Waals surface area (Å²) in [7, 11) is 0. The molecule has 0 bridgehead atoms. The molecule has 0 atom stereocenters. The van der Waals surface area contributed by atoms with Crippen molar-refractivity contribution in [2.24, 2.45) is 0 Å². The molecule has 0 aliphatic rings. The molecular weight excluding hydrogens is 196 g/mol. The second kappa shape index (κ2) is 5.87. The average molecular weight is 208 g/mol. The monoisotopic (exact) mass is 208 g/mol. The van der Waals surface area contributed by atoms with Gasteiger partial charge in [-0.05, 0) is 12.1 Å². The van der Waals surface area contributed by atoms with Gasteiger partial charge in [0.05, 0.1) is 13.0 Å². The van der Waals surface area contributed by atoms with E-state index in [1.807, 2.05) is 0 Å². The van der Waals surface area contributed by atoms with Gasteiger partial charge in [0.25, 0.3) is 0 Å². The molecule has 0 saturated carbocycles. The summed E-state index contributed by atoms with van der Waals surface area (Å²) in [6, 6.07) is 3.25. The Hall–Kier alpha value is -1.75. The van der Waals surface area contributed by atoms with Crippen LogP contribution in [0.15, 0.2) is 24.5 Å². The molecule has 15 heavy (non-hydrogen) atoms. The largest absolute Gasteiger partial charge is 0.481 e. The highest BCUT2D eigenvalue weighted by Gasteiger charge is 2.04. The predicted molar refractivity (Wildman–Crippen MR) is 53.7 cm³/mol. The fourth-order valence-electron chi connectivity index (χ4n) is 1.04. The number of Topliss-reactive ketones (excluding diaryl/α,β-unsaturated/α-hetero) is 1. The van der Waals surface area contributed by atoms with E-state index in [9.17, 15) is 9.59 Å². The molecular formula is C10H12N2O3. The van der Waals surface area contributed by atoms with Crippen LogP contribution in [0, 0.1) is 0 Å². The zero-order chi connectivity index (χ0) is 11.1. The molecule has 5 nitrogen and oxygen atoms in total. The van der Waals surface area contributed by atoms with E-state index >= 15 is 0 Å². The number of nitrogens with one attached hydrogen (secondary N) is 1. The number of carboxylic acid groups (broad SMARTS) is 1. The zero-order valence-corrected chi connectivity index (χ0v) is 8.14. The van der Waals surface area contributed by atoms with Crippen molar-refractivity contribution >= 4 is 11.8 Å². The summed E-state index contributed by atoms with van der Waals surface area (Å²) in [4.78, 5) is 25.4. The van der Waals surface area contributed by atoms with Crippen LogP contribution < -0.4 is 5.32 Å². The summed E-state index contributed by atoms with van der Waals surface area (Å²) in [6.07, 6.45) is 3.11. The molecule has 1 aromatic heterocycles. The number of carboxylic acids is 1. The smallest absolute Gasteiger partial charge is 0.304 e. The van der Waals surface area contributed by atoms with E-state index in [1.165, 1.54) is 0 Å². The van der Waals surface area contributed by atoms with Crippen molar-refractivity contribution in [2.45, 2.75) is 6.42 Å². The Labute approximate surface area is 87.1 Å². The first-order chi connectivity index (χ1) is 7.20. The van der Waals surface area contributed by atoms with Crippen molar-refractivity contribution in [3.05, 3.63) is 30.1 Å². The van der Waals surface area contributed by atoms with Crippen molar-refractivity contribution in [2.75, 3.05) is 13.1 Å². The van der Waals surface area contributed by atoms with E-state index in [4.69, 9.17) is 5.11 Å². The first-order valence-electron chi connectivity index (χ1n) is 4.56. The molecule has 0 radical (unpaired) electrons. The van der Waals surface area contributed by atoms with Crippen molar-refractivity contribution in [3.8, 4) is 0 Å². The number of rotatable bonds is 6. The van der Waals surface area contributed by atoms with Gasteiger partial charge >= 0.3 is 5.97 Å². The van der Waals surface area contributed by atoms with Crippen molar-refractivity contribution in [3.63, 3.8) is 0 Å². The Balaban J connectivity index is 2.28. The van der Waals surface area contributed by atoms with E-state index in [2.05, 4.69) is 10.3 Å². The fourth-order valence-corrected chi connectivity index (χ4v) is 1.04. The highest BCUT2D eigenvalue weighted by molar-refractivity contribution is 5.97. The topological polar surface area (TPSA) is 79.3 Å². The van der Waals surface area contributed by atoms with Gasteiger partial charge in [0.2, 0.25) is 0 Å². The maximum absolute atomic E-state index is 11.5. The third-order valence-electron chi connectivity index (χ3n) is 1.80. The van der Waals surface area contributed by atoms with Crippen LogP contribution in [0.25, 0.3) is 0 Å². The molecule has 5 heteroatoms. The van der Waals surface area contributed by atoms with E-state index in [1.54, 1.807) is 24.5 Å². The molecule has 1 aromatic rings. The maximum atomic E-state index is 11.5. The third kappa shape index (κ3) is 4.33. The van der Waals surface area contributed by atoms with E-state index in [0.29, 0.717) is 12.1 Å². The first-order valence-corrected chi connectivity index (χ1v) is 4.56. The summed E-state index contributed by atoms with van der Waals surface area (Å²) in [5.41, 5.74) is 0.577. The van der Waals surface area contributed by atoms with Crippen LogP contribution in [0.3, 0.4) is 0 Å². The maximum Gasteiger partial charge on any atom is 0.304 e. The number of ketones is 1. The fraction of sp³-hybridized carbons (Fsp3) is 0.300. The van der Waals surface area contributed by atoms with Crippen molar-refractivity contribution < 1.29 is 14.7 Å². The molecule has 1 heterocycles. The summed E-state index contributed by atoms with van der Waals surface area (Å²) in [6.45, 7) is 0.448. The average Bonchev–Trinajstić information content (AvgIpc) is 2.25. The first kappa shape index (κ1) is 11.3. The third-order valence-corrected chi connectivity index (χ3v) is 1.80. The second-order valence-electron chi connectivity index (χ2n) is 2.98. The SMILES string of the molecule is O=C(O)CCNCC(=O)c1ccncc1. The molecule has 80 valence electrons. The minimum absolute atomic E-state index is 0.0175. The Morgan fingerprint density at radius 1 is 1.33 bits per heavy atom. The van der Waals surface area contributed by atoms with Gasteiger partial charge < -0.3 is 10.4 Å². The molecule has 0 fully saturated rings. The second-order valence-corrected chi connectivity index (χ2v) is 2.98.